The number of piperidine rings is 1. The average molecular weight is 247 g/mol. The monoisotopic (exact) mass is 247 g/mol. The molecule has 2 heterocycles. The Hall–Kier alpha value is -1.71. The number of methoxy groups -OCH3 is 1. The topological polar surface area (TPSA) is 82.9 Å². The van der Waals surface area contributed by atoms with Crippen LogP contribution < -0.4 is 10.6 Å². The van der Waals surface area contributed by atoms with Crippen LogP contribution in [-0.2, 0) is 4.74 Å². The highest BCUT2D eigenvalue weighted by atomic mass is 16.5. The van der Waals surface area contributed by atoms with Crippen molar-refractivity contribution < 1.29 is 4.74 Å². The van der Waals surface area contributed by atoms with Crippen molar-refractivity contribution in [3.63, 3.8) is 0 Å². The molecule has 1 fully saturated rings. The minimum atomic E-state index is -0.178. The first-order chi connectivity index (χ1) is 8.79. The summed E-state index contributed by atoms with van der Waals surface area (Å²) in [5, 5.41) is 15.5. The largest absolute Gasteiger partial charge is 0.376 e. The summed E-state index contributed by atoms with van der Waals surface area (Å²) in [5.41, 5.74) is 0.279. The number of hydrogen-bond acceptors (Lipinski definition) is 6. The van der Waals surface area contributed by atoms with Gasteiger partial charge in [-0.1, -0.05) is 0 Å². The van der Waals surface area contributed by atoms with Gasteiger partial charge in [0.2, 0.25) is 0 Å². The Morgan fingerprint density at radius 2 is 2.33 bits per heavy atom. The van der Waals surface area contributed by atoms with Gasteiger partial charge in [-0.3, -0.25) is 0 Å². The lowest BCUT2D eigenvalue weighted by atomic mass is 9.92. The van der Waals surface area contributed by atoms with Gasteiger partial charge in [-0.2, -0.15) is 5.26 Å². The number of nitriles is 1. The van der Waals surface area contributed by atoms with Crippen LogP contribution in [0.5, 0.6) is 0 Å². The van der Waals surface area contributed by atoms with Crippen LogP contribution in [0.25, 0.3) is 0 Å². The molecule has 0 bridgehead atoms. The van der Waals surface area contributed by atoms with Gasteiger partial charge in [-0.25, -0.2) is 9.97 Å². The van der Waals surface area contributed by atoms with Gasteiger partial charge >= 0.3 is 0 Å². The first kappa shape index (κ1) is 12.7. The zero-order valence-electron chi connectivity index (χ0n) is 10.4. The van der Waals surface area contributed by atoms with E-state index < -0.39 is 0 Å². The van der Waals surface area contributed by atoms with E-state index in [0.29, 0.717) is 17.9 Å². The van der Waals surface area contributed by atoms with Crippen LogP contribution in [0.3, 0.4) is 0 Å². The van der Waals surface area contributed by atoms with Crippen LogP contribution in [-0.4, -0.2) is 42.3 Å². The zero-order valence-corrected chi connectivity index (χ0v) is 10.4. The fraction of sp³-hybridized carbons (Fsp3) is 0.583. The number of nitrogens with zero attached hydrogens (tertiary/aromatic N) is 3. The Kier molecular flexibility index (Phi) is 4.07. The van der Waals surface area contributed by atoms with Gasteiger partial charge in [0, 0.05) is 13.7 Å². The van der Waals surface area contributed by atoms with E-state index in [9.17, 15) is 0 Å². The fourth-order valence-electron chi connectivity index (χ4n) is 2.13. The highest BCUT2D eigenvalue weighted by Crippen LogP contribution is 2.23. The number of anilines is 1. The minimum absolute atomic E-state index is 0.178. The Morgan fingerprint density at radius 1 is 1.56 bits per heavy atom. The molecule has 1 aliphatic heterocycles. The maximum absolute atomic E-state index is 8.97. The van der Waals surface area contributed by atoms with Crippen molar-refractivity contribution in [3.8, 4) is 6.07 Å². The average Bonchev–Trinajstić information content (AvgIpc) is 2.46. The van der Waals surface area contributed by atoms with E-state index in [1.807, 2.05) is 0 Å². The van der Waals surface area contributed by atoms with Gasteiger partial charge in [0.25, 0.3) is 0 Å². The summed E-state index contributed by atoms with van der Waals surface area (Å²) in [6, 6.07) is 2.07. The van der Waals surface area contributed by atoms with Crippen LogP contribution in [0.15, 0.2) is 12.5 Å². The molecule has 0 radical (unpaired) electrons. The van der Waals surface area contributed by atoms with Crippen molar-refractivity contribution >= 4 is 5.82 Å². The van der Waals surface area contributed by atoms with E-state index >= 15 is 0 Å². The summed E-state index contributed by atoms with van der Waals surface area (Å²) in [5.74, 6) is 0.572. The number of rotatable bonds is 4. The third-order valence-corrected chi connectivity index (χ3v) is 3.36. The first-order valence-corrected chi connectivity index (χ1v) is 5.99. The number of hydrogen-bond donors (Lipinski definition) is 2. The molecule has 2 N–H and O–H groups in total. The molecule has 6 heteroatoms. The second-order valence-corrected chi connectivity index (χ2v) is 4.39. The standard InChI is InChI=1S/C12H17N5O/c1-18-12(2-4-14-5-3-12)8-16-11-10(6-13)7-15-9-17-11/h7,9,14H,2-5,8H2,1H3,(H,15,16,17). The van der Waals surface area contributed by atoms with Crippen LogP contribution in [0.1, 0.15) is 18.4 Å². The second kappa shape index (κ2) is 5.76. The van der Waals surface area contributed by atoms with E-state index in [1.165, 1.54) is 12.5 Å². The summed E-state index contributed by atoms with van der Waals surface area (Å²) >= 11 is 0. The molecular weight excluding hydrogens is 230 g/mol. The van der Waals surface area contributed by atoms with Crippen LogP contribution in [0, 0.1) is 11.3 Å². The first-order valence-electron chi connectivity index (χ1n) is 5.99. The van der Waals surface area contributed by atoms with Crippen molar-refractivity contribution in [3.05, 3.63) is 18.1 Å². The minimum Gasteiger partial charge on any atom is -0.376 e. The summed E-state index contributed by atoms with van der Waals surface area (Å²) in [6.45, 7) is 2.55. The highest BCUT2D eigenvalue weighted by Gasteiger charge is 2.31. The van der Waals surface area contributed by atoms with Gasteiger partial charge in [0.05, 0.1) is 11.8 Å². The van der Waals surface area contributed by atoms with Gasteiger partial charge in [0.15, 0.2) is 0 Å². The molecule has 0 aromatic carbocycles. The molecular formula is C12H17N5O. The number of ether oxygens (including phenoxy) is 1. The Bertz CT molecular complexity index is 436. The van der Waals surface area contributed by atoms with Crippen molar-refractivity contribution in [1.82, 2.24) is 15.3 Å². The lowest BCUT2D eigenvalue weighted by molar-refractivity contribution is -0.0226. The molecule has 0 saturated carbocycles. The molecule has 1 aromatic heterocycles. The number of nitrogens with one attached hydrogen (secondary N) is 2. The molecule has 0 spiro atoms. The molecule has 1 saturated heterocycles. The third-order valence-electron chi connectivity index (χ3n) is 3.36. The maximum Gasteiger partial charge on any atom is 0.147 e. The smallest absolute Gasteiger partial charge is 0.147 e. The van der Waals surface area contributed by atoms with Gasteiger partial charge in [0.1, 0.15) is 23.8 Å². The second-order valence-electron chi connectivity index (χ2n) is 4.39. The van der Waals surface area contributed by atoms with Gasteiger partial charge in [-0.15, -0.1) is 0 Å². The fourth-order valence-corrected chi connectivity index (χ4v) is 2.13. The van der Waals surface area contributed by atoms with Crippen molar-refractivity contribution in [2.24, 2.45) is 0 Å². The molecule has 0 aliphatic carbocycles. The Labute approximate surface area is 106 Å². The van der Waals surface area contributed by atoms with Crippen molar-refractivity contribution in [2.45, 2.75) is 18.4 Å². The van der Waals surface area contributed by atoms with Crippen molar-refractivity contribution in [1.29, 1.82) is 5.26 Å². The third kappa shape index (κ3) is 2.75. The van der Waals surface area contributed by atoms with Crippen LogP contribution >= 0.6 is 0 Å². The zero-order chi connectivity index (χ0) is 12.8. The molecule has 0 unspecified atom stereocenters. The normalized spacial score (nSPS) is 18.0. The van der Waals surface area contributed by atoms with E-state index in [1.54, 1.807) is 7.11 Å². The quantitative estimate of drug-likeness (QED) is 0.807. The predicted octanol–water partition coefficient (Wildman–Crippen LogP) is 0.529. The molecule has 0 amide bonds. The lowest BCUT2D eigenvalue weighted by Crippen LogP contribution is -2.48. The molecule has 1 aromatic rings. The SMILES string of the molecule is COC1(CNc2ncncc2C#N)CCNCC1. The summed E-state index contributed by atoms with van der Waals surface area (Å²) in [6.07, 6.45) is 4.84. The Balaban J connectivity index is 2.03. The Morgan fingerprint density at radius 3 is 3.00 bits per heavy atom. The summed E-state index contributed by atoms with van der Waals surface area (Å²) < 4.78 is 5.65. The molecule has 1 aliphatic rings. The molecule has 0 atom stereocenters. The molecule has 96 valence electrons. The van der Waals surface area contributed by atoms with E-state index in [2.05, 4.69) is 26.7 Å². The van der Waals surface area contributed by atoms with Crippen LogP contribution in [0.4, 0.5) is 5.82 Å². The van der Waals surface area contributed by atoms with Gasteiger partial charge < -0.3 is 15.4 Å². The van der Waals surface area contributed by atoms with Gasteiger partial charge in [-0.05, 0) is 25.9 Å². The molecule has 18 heavy (non-hydrogen) atoms. The van der Waals surface area contributed by atoms with Crippen LogP contribution in [0.2, 0.25) is 0 Å². The molecule has 2 rings (SSSR count). The van der Waals surface area contributed by atoms with Crippen molar-refractivity contribution in [2.75, 3.05) is 32.1 Å². The predicted molar refractivity (Wildman–Crippen MR) is 67.1 cm³/mol. The number of aromatic nitrogens is 2. The highest BCUT2D eigenvalue weighted by molar-refractivity contribution is 5.49. The maximum atomic E-state index is 8.97. The summed E-state index contributed by atoms with van der Waals surface area (Å²) in [4.78, 5) is 7.92. The lowest BCUT2D eigenvalue weighted by Gasteiger charge is -2.36. The summed E-state index contributed by atoms with van der Waals surface area (Å²) in [7, 11) is 1.73. The van der Waals surface area contributed by atoms with E-state index in [-0.39, 0.29) is 5.60 Å². The van der Waals surface area contributed by atoms with E-state index in [4.69, 9.17) is 10.00 Å². The van der Waals surface area contributed by atoms with E-state index in [0.717, 1.165) is 25.9 Å². The molecule has 6 nitrogen and oxygen atoms in total.